The van der Waals surface area contributed by atoms with Gasteiger partial charge < -0.3 is 15.2 Å². The van der Waals surface area contributed by atoms with Crippen molar-refractivity contribution in [3.8, 4) is 5.75 Å². The first-order valence-corrected chi connectivity index (χ1v) is 11.7. The van der Waals surface area contributed by atoms with Gasteiger partial charge in [-0.25, -0.2) is 0 Å². The van der Waals surface area contributed by atoms with E-state index in [4.69, 9.17) is 4.74 Å². The number of rotatable bonds is 8. The highest BCUT2D eigenvalue weighted by molar-refractivity contribution is 5.98. The first kappa shape index (κ1) is 23.0. The Balaban J connectivity index is 1.20. The molecular weight excluding hydrogens is 414 g/mol. The van der Waals surface area contributed by atoms with Crippen LogP contribution in [0.3, 0.4) is 0 Å². The second kappa shape index (κ2) is 10.2. The summed E-state index contributed by atoms with van der Waals surface area (Å²) in [5.74, 6) is 0.676. The van der Waals surface area contributed by atoms with Crippen LogP contribution in [0.1, 0.15) is 66.2 Å². The molecule has 5 heteroatoms. The summed E-state index contributed by atoms with van der Waals surface area (Å²) in [6, 6.07) is 20.8. The number of hydrogen-bond donors (Lipinski definition) is 2. The Kier molecular flexibility index (Phi) is 7.09. The van der Waals surface area contributed by atoms with E-state index in [0.29, 0.717) is 30.5 Å². The van der Waals surface area contributed by atoms with E-state index < -0.39 is 5.60 Å². The van der Waals surface area contributed by atoms with Crippen molar-refractivity contribution in [2.75, 3.05) is 6.54 Å². The molecule has 33 heavy (non-hydrogen) atoms. The Bertz CT molecular complexity index is 1110. The molecule has 0 spiro atoms. The van der Waals surface area contributed by atoms with Gasteiger partial charge in [0.1, 0.15) is 5.75 Å². The minimum atomic E-state index is -0.578. The lowest BCUT2D eigenvalue weighted by molar-refractivity contribution is -0.0108. The van der Waals surface area contributed by atoms with Crippen molar-refractivity contribution in [2.45, 2.75) is 57.2 Å². The Hall–Kier alpha value is -3.18. The Morgan fingerprint density at radius 3 is 2.36 bits per heavy atom. The van der Waals surface area contributed by atoms with E-state index in [2.05, 4.69) is 5.32 Å². The van der Waals surface area contributed by atoms with Crippen LogP contribution in [0.4, 0.5) is 0 Å². The maximum absolute atomic E-state index is 12.5. The van der Waals surface area contributed by atoms with Gasteiger partial charge in [-0.3, -0.25) is 9.59 Å². The summed E-state index contributed by atoms with van der Waals surface area (Å²) in [7, 11) is 0. The van der Waals surface area contributed by atoms with Crippen LogP contribution in [0.15, 0.2) is 66.7 Å². The second-order valence-electron chi connectivity index (χ2n) is 9.18. The zero-order valence-electron chi connectivity index (χ0n) is 19.0. The molecule has 0 bridgehead atoms. The van der Waals surface area contributed by atoms with E-state index in [1.807, 2.05) is 61.5 Å². The number of amides is 1. The number of Topliss-reactive ketones (excluding diaryl/α,β-unsaturated/α-hetero) is 1. The van der Waals surface area contributed by atoms with Crippen molar-refractivity contribution < 1.29 is 19.4 Å². The van der Waals surface area contributed by atoms with Crippen molar-refractivity contribution >= 4 is 22.5 Å². The number of ketones is 1. The van der Waals surface area contributed by atoms with Gasteiger partial charge in [0.25, 0.3) is 5.91 Å². The third-order valence-corrected chi connectivity index (χ3v) is 6.37. The number of carbonyl (C=O) groups excluding carboxylic acids is 2. The van der Waals surface area contributed by atoms with Gasteiger partial charge in [-0.1, -0.05) is 30.3 Å². The van der Waals surface area contributed by atoms with Gasteiger partial charge in [-0.15, -0.1) is 0 Å². The fourth-order valence-corrected chi connectivity index (χ4v) is 4.27. The Labute approximate surface area is 194 Å². The molecule has 3 aromatic rings. The first-order chi connectivity index (χ1) is 15.9. The predicted octanol–water partition coefficient (Wildman–Crippen LogP) is 5.31. The quantitative estimate of drug-likeness (QED) is 0.364. The van der Waals surface area contributed by atoms with Crippen LogP contribution >= 0.6 is 0 Å². The third kappa shape index (κ3) is 6.20. The molecule has 1 amide bonds. The lowest BCUT2D eigenvalue weighted by Crippen LogP contribution is -2.34. The summed E-state index contributed by atoms with van der Waals surface area (Å²) in [5, 5.41) is 15.1. The zero-order chi connectivity index (χ0) is 23.3. The van der Waals surface area contributed by atoms with E-state index in [0.717, 1.165) is 42.2 Å². The molecule has 172 valence electrons. The molecule has 0 unspecified atom stereocenters. The summed E-state index contributed by atoms with van der Waals surface area (Å²) >= 11 is 0. The number of aliphatic hydroxyl groups is 1. The maximum Gasteiger partial charge on any atom is 0.251 e. The molecule has 0 atom stereocenters. The number of ether oxygens (including phenoxy) is 1. The molecule has 1 fully saturated rings. The van der Waals surface area contributed by atoms with E-state index in [-0.39, 0.29) is 17.8 Å². The van der Waals surface area contributed by atoms with E-state index in [9.17, 15) is 14.7 Å². The minimum absolute atomic E-state index is 0.0511. The lowest BCUT2D eigenvalue weighted by Gasteiger charge is -2.33. The number of nitrogens with one attached hydrogen (secondary N) is 1. The van der Waals surface area contributed by atoms with Crippen molar-refractivity contribution in [1.82, 2.24) is 5.32 Å². The second-order valence-corrected chi connectivity index (χ2v) is 9.18. The van der Waals surface area contributed by atoms with Crippen LogP contribution in [-0.4, -0.2) is 35.0 Å². The summed E-state index contributed by atoms with van der Waals surface area (Å²) in [4.78, 5) is 24.9. The zero-order valence-corrected chi connectivity index (χ0v) is 19.0. The molecule has 0 saturated heterocycles. The molecular formula is C28H31NO4. The van der Waals surface area contributed by atoms with Gasteiger partial charge in [0.15, 0.2) is 5.78 Å². The molecule has 5 nitrogen and oxygen atoms in total. The summed E-state index contributed by atoms with van der Waals surface area (Å²) < 4.78 is 6.01. The third-order valence-electron chi connectivity index (χ3n) is 6.37. The van der Waals surface area contributed by atoms with Gasteiger partial charge in [0.2, 0.25) is 0 Å². The molecule has 0 aliphatic heterocycles. The molecule has 0 heterocycles. The highest BCUT2D eigenvalue weighted by atomic mass is 16.5. The summed E-state index contributed by atoms with van der Waals surface area (Å²) in [6.45, 7) is 2.32. The molecule has 1 aliphatic rings. The van der Waals surface area contributed by atoms with E-state index in [1.165, 1.54) is 0 Å². The molecule has 3 aromatic carbocycles. The van der Waals surface area contributed by atoms with Crippen LogP contribution < -0.4 is 10.1 Å². The monoisotopic (exact) mass is 445 g/mol. The maximum atomic E-state index is 12.5. The Morgan fingerprint density at radius 1 is 0.970 bits per heavy atom. The van der Waals surface area contributed by atoms with Crippen LogP contribution in [0.25, 0.3) is 10.8 Å². The van der Waals surface area contributed by atoms with Crippen molar-refractivity contribution in [3.63, 3.8) is 0 Å². The highest BCUT2D eigenvalue weighted by Crippen LogP contribution is 2.30. The molecule has 0 radical (unpaired) electrons. The fourth-order valence-electron chi connectivity index (χ4n) is 4.27. The molecule has 1 saturated carbocycles. The van der Waals surface area contributed by atoms with Gasteiger partial charge in [0, 0.05) is 24.1 Å². The van der Waals surface area contributed by atoms with E-state index in [1.54, 1.807) is 12.1 Å². The van der Waals surface area contributed by atoms with Gasteiger partial charge in [0.05, 0.1) is 11.7 Å². The number of hydrogen-bond acceptors (Lipinski definition) is 4. The summed E-state index contributed by atoms with van der Waals surface area (Å²) in [5.41, 5.74) is 0.692. The van der Waals surface area contributed by atoms with Crippen LogP contribution in [0.5, 0.6) is 5.75 Å². The van der Waals surface area contributed by atoms with E-state index >= 15 is 0 Å². The normalized spacial score (nSPS) is 20.4. The number of benzene rings is 3. The predicted molar refractivity (Wildman–Crippen MR) is 130 cm³/mol. The van der Waals surface area contributed by atoms with Gasteiger partial charge in [-0.05, 0) is 86.2 Å². The van der Waals surface area contributed by atoms with Crippen molar-refractivity contribution in [3.05, 3.63) is 77.9 Å². The SMILES string of the molecule is CC1(O)CCC(Oc2ccc(C(=O)CCCNC(=O)c3ccc4ccccc4c3)cc2)CC1. The molecule has 4 rings (SSSR count). The van der Waals surface area contributed by atoms with Crippen molar-refractivity contribution in [2.24, 2.45) is 0 Å². The van der Waals surface area contributed by atoms with Gasteiger partial charge in [-0.2, -0.15) is 0 Å². The smallest absolute Gasteiger partial charge is 0.251 e. The first-order valence-electron chi connectivity index (χ1n) is 11.7. The topological polar surface area (TPSA) is 75.6 Å². The van der Waals surface area contributed by atoms with Gasteiger partial charge >= 0.3 is 0 Å². The number of fused-ring (bicyclic) bond motifs is 1. The lowest BCUT2D eigenvalue weighted by atomic mass is 9.85. The van der Waals surface area contributed by atoms with Crippen molar-refractivity contribution in [1.29, 1.82) is 0 Å². The molecule has 1 aliphatic carbocycles. The largest absolute Gasteiger partial charge is 0.490 e. The standard InChI is InChI=1S/C28H31NO4/c1-28(32)16-14-25(15-17-28)33-24-12-10-21(11-13-24)26(30)7-4-18-29-27(31)23-9-8-20-5-2-3-6-22(20)19-23/h2-3,5-6,8-13,19,25,32H,4,7,14-18H2,1H3,(H,29,31). The van der Waals surface area contributed by atoms with Crippen LogP contribution in [0.2, 0.25) is 0 Å². The Morgan fingerprint density at radius 2 is 1.64 bits per heavy atom. The minimum Gasteiger partial charge on any atom is -0.490 e. The van der Waals surface area contributed by atoms with Crippen LogP contribution in [-0.2, 0) is 0 Å². The molecule has 0 aromatic heterocycles. The summed E-state index contributed by atoms with van der Waals surface area (Å²) in [6.07, 6.45) is 4.21. The fraction of sp³-hybridized carbons (Fsp3) is 0.357. The average Bonchev–Trinajstić information content (AvgIpc) is 2.83. The average molecular weight is 446 g/mol. The highest BCUT2D eigenvalue weighted by Gasteiger charge is 2.29. The van der Waals surface area contributed by atoms with Crippen LogP contribution in [0, 0.1) is 0 Å². The number of carbonyl (C=O) groups is 2. The molecule has 2 N–H and O–H groups in total.